The number of hydrogen-bond donors (Lipinski definition) is 1. The first-order valence-electron chi connectivity index (χ1n) is 6.39. The van der Waals surface area contributed by atoms with Crippen LogP contribution in [-0.2, 0) is 0 Å². The summed E-state index contributed by atoms with van der Waals surface area (Å²) in [6.07, 6.45) is -2.57. The molecule has 1 fully saturated rings. The minimum Gasteiger partial charge on any atom is -0.326 e. The Morgan fingerprint density at radius 2 is 1.82 bits per heavy atom. The highest BCUT2D eigenvalue weighted by molar-refractivity contribution is 4.80. The number of nitrogens with zero attached hydrogens (tertiary/aromatic N) is 1. The van der Waals surface area contributed by atoms with Crippen LogP contribution in [0.3, 0.4) is 0 Å². The van der Waals surface area contributed by atoms with Gasteiger partial charge < -0.3 is 10.6 Å². The maximum Gasteiger partial charge on any atom is 0.391 e. The maximum atomic E-state index is 12.5. The third kappa shape index (κ3) is 4.47. The lowest BCUT2D eigenvalue weighted by atomic mass is 9.94. The van der Waals surface area contributed by atoms with Crippen molar-refractivity contribution in [3.8, 4) is 0 Å². The van der Waals surface area contributed by atoms with Gasteiger partial charge in [-0.1, -0.05) is 20.3 Å². The lowest BCUT2D eigenvalue weighted by Crippen LogP contribution is -2.46. The van der Waals surface area contributed by atoms with Gasteiger partial charge in [0.15, 0.2) is 0 Å². The minimum atomic E-state index is -4.02. The standard InChI is InChI=1S/C12H23F3N2/c1-3-9(2)11(16)8-17-6-4-10(5-7-17)12(13,14)15/h9-11H,3-8,16H2,1-2H3/t9?,11-/m1/s1. The molecule has 1 aliphatic rings. The second-order valence-electron chi connectivity index (χ2n) is 5.17. The minimum absolute atomic E-state index is 0.0717. The van der Waals surface area contributed by atoms with E-state index >= 15 is 0 Å². The number of rotatable bonds is 4. The van der Waals surface area contributed by atoms with Crippen LogP contribution < -0.4 is 5.73 Å². The summed E-state index contributed by atoms with van der Waals surface area (Å²) in [7, 11) is 0. The fraction of sp³-hybridized carbons (Fsp3) is 1.00. The van der Waals surface area contributed by atoms with Crippen molar-refractivity contribution in [2.24, 2.45) is 17.6 Å². The Balaban J connectivity index is 2.33. The average molecular weight is 252 g/mol. The summed E-state index contributed by atoms with van der Waals surface area (Å²) >= 11 is 0. The fourth-order valence-electron chi connectivity index (χ4n) is 2.22. The van der Waals surface area contributed by atoms with E-state index < -0.39 is 12.1 Å². The normalized spacial score (nSPS) is 23.6. The molecule has 0 aliphatic carbocycles. The molecule has 0 aromatic heterocycles. The largest absolute Gasteiger partial charge is 0.391 e. The highest BCUT2D eigenvalue weighted by Crippen LogP contribution is 2.34. The summed E-state index contributed by atoms with van der Waals surface area (Å²) in [5.74, 6) is -0.686. The van der Waals surface area contributed by atoms with Gasteiger partial charge in [-0.05, 0) is 31.8 Å². The molecular weight excluding hydrogens is 229 g/mol. The number of halogens is 3. The Hall–Kier alpha value is -0.290. The highest BCUT2D eigenvalue weighted by Gasteiger charge is 2.41. The number of nitrogens with two attached hydrogens (primary N) is 1. The van der Waals surface area contributed by atoms with Crippen molar-refractivity contribution in [2.45, 2.75) is 45.3 Å². The van der Waals surface area contributed by atoms with Gasteiger partial charge in [-0.25, -0.2) is 0 Å². The molecule has 0 radical (unpaired) electrons. The molecule has 1 heterocycles. The molecule has 5 heteroatoms. The Labute approximate surface area is 101 Å². The van der Waals surface area contributed by atoms with Crippen LogP contribution in [0, 0.1) is 11.8 Å². The quantitative estimate of drug-likeness (QED) is 0.833. The first-order valence-corrected chi connectivity index (χ1v) is 6.39. The van der Waals surface area contributed by atoms with Crippen molar-refractivity contribution in [3.05, 3.63) is 0 Å². The molecule has 0 saturated carbocycles. The molecule has 2 atom stereocenters. The van der Waals surface area contributed by atoms with E-state index in [9.17, 15) is 13.2 Å². The summed E-state index contributed by atoms with van der Waals surface area (Å²) in [4.78, 5) is 2.07. The van der Waals surface area contributed by atoms with E-state index in [0.717, 1.165) is 13.0 Å². The molecule has 102 valence electrons. The van der Waals surface area contributed by atoms with Crippen LogP contribution in [-0.4, -0.2) is 36.8 Å². The summed E-state index contributed by atoms with van der Waals surface area (Å²) in [5.41, 5.74) is 6.02. The van der Waals surface area contributed by atoms with E-state index in [4.69, 9.17) is 5.73 Å². The molecule has 1 rings (SSSR count). The van der Waals surface area contributed by atoms with Gasteiger partial charge >= 0.3 is 6.18 Å². The third-order valence-corrected chi connectivity index (χ3v) is 3.89. The predicted octanol–water partition coefficient (Wildman–Crippen LogP) is 2.63. The number of alkyl halides is 3. The first-order chi connectivity index (χ1) is 7.84. The van der Waals surface area contributed by atoms with E-state index in [1.165, 1.54) is 0 Å². The Morgan fingerprint density at radius 3 is 2.24 bits per heavy atom. The highest BCUT2D eigenvalue weighted by atomic mass is 19.4. The van der Waals surface area contributed by atoms with Gasteiger partial charge in [-0.15, -0.1) is 0 Å². The molecule has 0 amide bonds. The second-order valence-corrected chi connectivity index (χ2v) is 5.17. The van der Waals surface area contributed by atoms with Crippen molar-refractivity contribution in [1.29, 1.82) is 0 Å². The van der Waals surface area contributed by atoms with Gasteiger partial charge in [0.2, 0.25) is 0 Å². The number of piperidine rings is 1. The summed E-state index contributed by atoms with van der Waals surface area (Å²) in [6, 6.07) is 0.0717. The average Bonchev–Trinajstić information content (AvgIpc) is 2.27. The third-order valence-electron chi connectivity index (χ3n) is 3.89. The SMILES string of the molecule is CCC(C)[C@H](N)CN1CCC(C(F)(F)F)CC1. The van der Waals surface area contributed by atoms with Crippen LogP contribution in [0.5, 0.6) is 0 Å². The second kappa shape index (κ2) is 6.05. The molecule has 1 unspecified atom stereocenters. The topological polar surface area (TPSA) is 29.3 Å². The van der Waals surface area contributed by atoms with Crippen LogP contribution in [0.15, 0.2) is 0 Å². The van der Waals surface area contributed by atoms with Crippen LogP contribution in [0.1, 0.15) is 33.1 Å². The van der Waals surface area contributed by atoms with E-state index in [1.807, 2.05) is 0 Å². The summed E-state index contributed by atoms with van der Waals surface area (Å²) in [6.45, 7) is 5.94. The molecule has 0 bridgehead atoms. The Kier molecular flexibility index (Phi) is 5.25. The maximum absolute atomic E-state index is 12.5. The van der Waals surface area contributed by atoms with Crippen LogP contribution in [0.25, 0.3) is 0 Å². The van der Waals surface area contributed by atoms with E-state index in [2.05, 4.69) is 18.7 Å². The van der Waals surface area contributed by atoms with Crippen LogP contribution in [0.4, 0.5) is 13.2 Å². The molecular formula is C12H23F3N2. The van der Waals surface area contributed by atoms with Gasteiger partial charge in [-0.2, -0.15) is 13.2 Å². The lowest BCUT2D eigenvalue weighted by molar-refractivity contribution is -0.185. The molecule has 1 aliphatic heterocycles. The molecule has 2 nitrogen and oxygen atoms in total. The molecule has 0 aromatic carbocycles. The van der Waals surface area contributed by atoms with E-state index in [0.29, 0.717) is 19.0 Å². The van der Waals surface area contributed by atoms with Gasteiger partial charge in [-0.3, -0.25) is 0 Å². The number of hydrogen-bond acceptors (Lipinski definition) is 2. The summed E-state index contributed by atoms with van der Waals surface area (Å²) < 4.78 is 37.4. The number of likely N-dealkylation sites (tertiary alicyclic amines) is 1. The van der Waals surface area contributed by atoms with E-state index in [1.54, 1.807) is 0 Å². The molecule has 1 saturated heterocycles. The predicted molar refractivity (Wildman–Crippen MR) is 62.6 cm³/mol. The molecule has 0 aromatic rings. The fourth-order valence-corrected chi connectivity index (χ4v) is 2.22. The zero-order valence-corrected chi connectivity index (χ0v) is 10.6. The summed E-state index contributed by atoms with van der Waals surface area (Å²) in [5, 5.41) is 0. The molecule has 2 N–H and O–H groups in total. The Morgan fingerprint density at radius 1 is 1.29 bits per heavy atom. The van der Waals surface area contributed by atoms with Crippen molar-refractivity contribution in [1.82, 2.24) is 4.90 Å². The van der Waals surface area contributed by atoms with Crippen molar-refractivity contribution in [3.63, 3.8) is 0 Å². The van der Waals surface area contributed by atoms with Gasteiger partial charge in [0.25, 0.3) is 0 Å². The molecule has 0 spiro atoms. The van der Waals surface area contributed by atoms with Crippen molar-refractivity contribution in [2.75, 3.05) is 19.6 Å². The molecule has 17 heavy (non-hydrogen) atoms. The lowest BCUT2D eigenvalue weighted by Gasteiger charge is -2.35. The van der Waals surface area contributed by atoms with Gasteiger partial charge in [0, 0.05) is 12.6 Å². The van der Waals surface area contributed by atoms with Crippen molar-refractivity contribution < 1.29 is 13.2 Å². The zero-order valence-electron chi connectivity index (χ0n) is 10.6. The smallest absolute Gasteiger partial charge is 0.326 e. The zero-order chi connectivity index (χ0) is 13.1. The van der Waals surface area contributed by atoms with Gasteiger partial charge in [0.1, 0.15) is 0 Å². The Bertz CT molecular complexity index is 222. The van der Waals surface area contributed by atoms with Crippen molar-refractivity contribution >= 4 is 0 Å². The monoisotopic (exact) mass is 252 g/mol. The van der Waals surface area contributed by atoms with E-state index in [-0.39, 0.29) is 18.9 Å². The first kappa shape index (κ1) is 14.8. The van der Waals surface area contributed by atoms with Crippen LogP contribution >= 0.6 is 0 Å². The van der Waals surface area contributed by atoms with Crippen LogP contribution in [0.2, 0.25) is 0 Å². The van der Waals surface area contributed by atoms with Gasteiger partial charge in [0.05, 0.1) is 5.92 Å².